The minimum atomic E-state index is -1.08. The summed E-state index contributed by atoms with van der Waals surface area (Å²) in [6.45, 7) is 0.226. The fraction of sp³-hybridized carbons (Fsp3) is 0.385. The second-order valence-corrected chi connectivity index (χ2v) is 4.11. The van der Waals surface area contributed by atoms with Gasteiger partial charge in [0, 0.05) is 0 Å². The van der Waals surface area contributed by atoms with E-state index in [1.165, 1.54) is 7.05 Å². The Balaban J connectivity index is 2.69. The van der Waals surface area contributed by atoms with Crippen LogP contribution in [-0.4, -0.2) is 36.2 Å². The quantitative estimate of drug-likeness (QED) is 0.620. The van der Waals surface area contributed by atoms with E-state index in [9.17, 15) is 9.59 Å². The summed E-state index contributed by atoms with van der Waals surface area (Å²) in [5, 5.41) is 11.7. The van der Waals surface area contributed by atoms with Crippen LogP contribution in [0.2, 0.25) is 0 Å². The predicted octanol–water partition coefficient (Wildman–Crippen LogP) is 0.120. The fourth-order valence-corrected chi connectivity index (χ4v) is 1.72. The number of ether oxygens (including phenoxy) is 1. The lowest BCUT2D eigenvalue weighted by Gasteiger charge is -2.23. The first-order valence-corrected chi connectivity index (χ1v) is 5.88. The molecule has 0 aromatic heterocycles. The van der Waals surface area contributed by atoms with Crippen molar-refractivity contribution < 1.29 is 19.4 Å². The molecule has 0 spiro atoms. The summed E-state index contributed by atoms with van der Waals surface area (Å²) in [4.78, 5) is 22.1. The molecule has 0 saturated heterocycles. The van der Waals surface area contributed by atoms with Gasteiger partial charge < -0.3 is 20.9 Å². The molecule has 0 heterocycles. The molecule has 2 atom stereocenters. The number of amides is 1. The zero-order valence-corrected chi connectivity index (χ0v) is 10.7. The van der Waals surface area contributed by atoms with Crippen LogP contribution in [0.1, 0.15) is 12.0 Å². The number of primary amides is 1. The lowest BCUT2D eigenvalue weighted by atomic mass is 10.1. The van der Waals surface area contributed by atoms with Gasteiger partial charge in [-0.1, -0.05) is 30.3 Å². The van der Waals surface area contributed by atoms with Crippen molar-refractivity contribution in [3.63, 3.8) is 0 Å². The normalized spacial score (nSPS) is 13.7. The summed E-state index contributed by atoms with van der Waals surface area (Å²) >= 11 is 0. The van der Waals surface area contributed by atoms with E-state index in [0.29, 0.717) is 0 Å². The number of aliphatic carboxylic acids is 1. The van der Waals surface area contributed by atoms with E-state index in [-0.39, 0.29) is 13.0 Å². The number of nitrogens with two attached hydrogens (primary N) is 1. The molecule has 0 aliphatic heterocycles. The number of carbonyl (C=O) groups excluding carboxylic acids is 1. The number of hydrogen-bond donors (Lipinski definition) is 3. The van der Waals surface area contributed by atoms with Crippen LogP contribution in [0.15, 0.2) is 30.3 Å². The van der Waals surface area contributed by atoms with Gasteiger partial charge in [0.05, 0.1) is 19.1 Å². The van der Waals surface area contributed by atoms with Gasteiger partial charge in [0.15, 0.2) is 0 Å². The molecule has 4 N–H and O–H groups in total. The first-order valence-electron chi connectivity index (χ1n) is 5.88. The summed E-state index contributed by atoms with van der Waals surface area (Å²) < 4.78 is 5.51. The molecule has 0 unspecified atom stereocenters. The molecule has 1 rings (SSSR count). The van der Waals surface area contributed by atoms with E-state index in [1.807, 2.05) is 30.3 Å². The summed E-state index contributed by atoms with van der Waals surface area (Å²) in [6, 6.07) is 8.32. The number of likely N-dealkylation sites (N-methyl/N-ethyl adjacent to an activating group) is 1. The maximum absolute atomic E-state index is 11.1. The monoisotopic (exact) mass is 266 g/mol. The molecule has 1 amide bonds. The van der Waals surface area contributed by atoms with Crippen LogP contribution in [0.5, 0.6) is 0 Å². The number of nitrogens with one attached hydrogen (secondary N) is 1. The Labute approximate surface area is 111 Å². The second kappa shape index (κ2) is 7.50. The molecule has 0 aliphatic carbocycles. The van der Waals surface area contributed by atoms with E-state index in [4.69, 9.17) is 15.6 Å². The number of carboxylic acid groups (broad SMARTS) is 1. The Bertz CT molecular complexity index is 422. The Morgan fingerprint density at radius 2 is 2.00 bits per heavy atom. The number of rotatable bonds is 8. The van der Waals surface area contributed by atoms with Gasteiger partial charge in [-0.25, -0.2) is 0 Å². The van der Waals surface area contributed by atoms with Crippen molar-refractivity contribution in [1.29, 1.82) is 0 Å². The molecule has 0 fully saturated rings. The highest BCUT2D eigenvalue weighted by molar-refractivity contribution is 5.78. The first-order chi connectivity index (χ1) is 9.04. The van der Waals surface area contributed by atoms with Crippen LogP contribution in [0, 0.1) is 0 Å². The van der Waals surface area contributed by atoms with Crippen molar-refractivity contribution in [2.24, 2.45) is 5.73 Å². The van der Waals surface area contributed by atoms with Gasteiger partial charge in [0.25, 0.3) is 0 Å². The third-order valence-electron chi connectivity index (χ3n) is 2.66. The van der Waals surface area contributed by atoms with Crippen LogP contribution >= 0.6 is 0 Å². The molecule has 6 nitrogen and oxygen atoms in total. The van der Waals surface area contributed by atoms with E-state index in [0.717, 1.165) is 5.56 Å². The highest BCUT2D eigenvalue weighted by Gasteiger charge is 2.28. The summed E-state index contributed by atoms with van der Waals surface area (Å²) in [6.07, 6.45) is -0.954. The maximum Gasteiger partial charge on any atom is 0.323 e. The molecule has 19 heavy (non-hydrogen) atoms. The van der Waals surface area contributed by atoms with Gasteiger partial charge in [-0.3, -0.25) is 9.59 Å². The highest BCUT2D eigenvalue weighted by atomic mass is 16.5. The SMILES string of the molecule is CN[C@@H](C(=O)O)[C@H](CC(N)=O)OCc1ccccc1. The minimum absolute atomic E-state index is 0.148. The van der Waals surface area contributed by atoms with Crippen molar-refractivity contribution in [1.82, 2.24) is 5.32 Å². The van der Waals surface area contributed by atoms with Crippen molar-refractivity contribution in [3.05, 3.63) is 35.9 Å². The zero-order valence-electron chi connectivity index (χ0n) is 10.7. The van der Waals surface area contributed by atoms with Crippen LogP contribution < -0.4 is 11.1 Å². The van der Waals surface area contributed by atoms with Gasteiger partial charge in [-0.15, -0.1) is 0 Å². The number of benzene rings is 1. The van der Waals surface area contributed by atoms with E-state index >= 15 is 0 Å². The predicted molar refractivity (Wildman–Crippen MR) is 69.3 cm³/mol. The minimum Gasteiger partial charge on any atom is -0.480 e. The molecule has 0 bridgehead atoms. The lowest BCUT2D eigenvalue weighted by molar-refractivity contribution is -0.144. The molecule has 1 aromatic carbocycles. The fourth-order valence-electron chi connectivity index (χ4n) is 1.72. The molecule has 1 aromatic rings. The molecule has 0 aliphatic rings. The molecule has 104 valence electrons. The Morgan fingerprint density at radius 1 is 1.37 bits per heavy atom. The van der Waals surface area contributed by atoms with Crippen molar-refractivity contribution in [3.8, 4) is 0 Å². The Kier molecular flexibility index (Phi) is 5.98. The highest BCUT2D eigenvalue weighted by Crippen LogP contribution is 2.10. The van der Waals surface area contributed by atoms with Crippen LogP contribution in [0.25, 0.3) is 0 Å². The van der Waals surface area contributed by atoms with Crippen LogP contribution in [-0.2, 0) is 20.9 Å². The Morgan fingerprint density at radius 3 is 2.47 bits per heavy atom. The number of carboxylic acids is 1. The van der Waals surface area contributed by atoms with Crippen LogP contribution in [0.3, 0.4) is 0 Å². The maximum atomic E-state index is 11.1. The third-order valence-corrected chi connectivity index (χ3v) is 2.66. The average Bonchev–Trinajstić information content (AvgIpc) is 2.36. The van der Waals surface area contributed by atoms with Crippen molar-refractivity contribution >= 4 is 11.9 Å². The third kappa shape index (κ3) is 5.07. The summed E-state index contributed by atoms with van der Waals surface area (Å²) in [5.74, 6) is -1.68. The van der Waals surface area contributed by atoms with Gasteiger partial charge in [-0.2, -0.15) is 0 Å². The number of carbonyl (C=O) groups is 2. The van der Waals surface area contributed by atoms with Gasteiger partial charge in [0.1, 0.15) is 6.04 Å². The lowest BCUT2D eigenvalue weighted by Crippen LogP contribution is -2.47. The van der Waals surface area contributed by atoms with E-state index in [2.05, 4.69) is 5.32 Å². The smallest absolute Gasteiger partial charge is 0.323 e. The number of hydrogen-bond acceptors (Lipinski definition) is 4. The second-order valence-electron chi connectivity index (χ2n) is 4.11. The Hall–Kier alpha value is -1.92. The van der Waals surface area contributed by atoms with E-state index < -0.39 is 24.0 Å². The molecule has 6 heteroatoms. The largest absolute Gasteiger partial charge is 0.480 e. The van der Waals surface area contributed by atoms with E-state index in [1.54, 1.807) is 0 Å². The van der Waals surface area contributed by atoms with Gasteiger partial charge in [-0.05, 0) is 12.6 Å². The van der Waals surface area contributed by atoms with Crippen molar-refractivity contribution in [2.75, 3.05) is 7.05 Å². The van der Waals surface area contributed by atoms with Crippen LogP contribution in [0.4, 0.5) is 0 Å². The zero-order chi connectivity index (χ0) is 14.3. The average molecular weight is 266 g/mol. The van der Waals surface area contributed by atoms with Gasteiger partial charge in [0.2, 0.25) is 5.91 Å². The molecule has 0 saturated carbocycles. The first kappa shape index (κ1) is 15.1. The van der Waals surface area contributed by atoms with Crippen molar-refractivity contribution in [2.45, 2.75) is 25.2 Å². The standard InChI is InChI=1S/C13H18N2O4/c1-15-12(13(17)18)10(7-11(14)16)19-8-9-5-3-2-4-6-9/h2-6,10,12,15H,7-8H2,1H3,(H2,14,16)(H,17,18)/t10-,12+/m0/s1. The topological polar surface area (TPSA) is 102 Å². The molecular weight excluding hydrogens is 248 g/mol. The van der Waals surface area contributed by atoms with Gasteiger partial charge >= 0.3 is 5.97 Å². The molecular formula is C13H18N2O4. The molecule has 0 radical (unpaired) electrons. The summed E-state index contributed by atoms with van der Waals surface area (Å²) in [5.41, 5.74) is 6.02. The summed E-state index contributed by atoms with van der Waals surface area (Å²) in [7, 11) is 1.50.